The van der Waals surface area contributed by atoms with E-state index in [-0.39, 0.29) is 6.54 Å². The molecule has 114 valence electrons. The molecule has 0 radical (unpaired) electrons. The molecule has 1 fully saturated rings. The van der Waals surface area contributed by atoms with Crippen molar-refractivity contribution in [1.82, 2.24) is 4.72 Å². The second-order valence-electron chi connectivity index (χ2n) is 5.33. The molecular weight excluding hydrogens is 295 g/mol. The molecule has 0 aromatic heterocycles. The van der Waals surface area contributed by atoms with E-state index in [1.807, 2.05) is 0 Å². The third-order valence-electron chi connectivity index (χ3n) is 3.75. The van der Waals surface area contributed by atoms with Gasteiger partial charge in [0.1, 0.15) is 22.3 Å². The summed E-state index contributed by atoms with van der Waals surface area (Å²) in [4.78, 5) is -0.399. The van der Waals surface area contributed by atoms with Crippen molar-refractivity contribution in [2.45, 2.75) is 42.6 Å². The van der Waals surface area contributed by atoms with E-state index in [1.165, 1.54) is 12.1 Å². The zero-order valence-corrected chi connectivity index (χ0v) is 12.3. The largest absolute Gasteiger partial charge is 0.389 e. The van der Waals surface area contributed by atoms with Crippen molar-refractivity contribution in [2.75, 3.05) is 6.54 Å². The fourth-order valence-corrected chi connectivity index (χ4v) is 3.81. The number of hydrogen-bond donors (Lipinski definition) is 2. The van der Waals surface area contributed by atoms with Gasteiger partial charge in [0.25, 0.3) is 0 Å². The minimum Gasteiger partial charge on any atom is -0.389 e. The molecule has 5 nitrogen and oxygen atoms in total. The summed E-state index contributed by atoms with van der Waals surface area (Å²) >= 11 is 0. The third-order valence-corrected chi connectivity index (χ3v) is 5.20. The van der Waals surface area contributed by atoms with Crippen LogP contribution in [0.15, 0.2) is 23.1 Å². The Morgan fingerprint density at radius 2 is 2.00 bits per heavy atom. The van der Waals surface area contributed by atoms with E-state index < -0.39 is 31.9 Å². The normalized spacial score (nSPS) is 18.1. The highest BCUT2D eigenvalue weighted by Crippen LogP contribution is 2.28. The van der Waals surface area contributed by atoms with Gasteiger partial charge in [0.05, 0.1) is 5.60 Å². The first kappa shape index (κ1) is 15.9. The first-order valence-corrected chi connectivity index (χ1v) is 8.27. The van der Waals surface area contributed by atoms with E-state index in [1.54, 1.807) is 6.07 Å². The molecule has 1 aliphatic rings. The zero-order valence-electron chi connectivity index (χ0n) is 11.5. The number of sulfonamides is 1. The van der Waals surface area contributed by atoms with Gasteiger partial charge in [-0.2, -0.15) is 5.26 Å². The van der Waals surface area contributed by atoms with Crippen LogP contribution in [0.1, 0.15) is 37.7 Å². The van der Waals surface area contributed by atoms with Crippen LogP contribution in [0.2, 0.25) is 0 Å². The Bertz CT molecular complexity index is 661. The van der Waals surface area contributed by atoms with Crippen LogP contribution < -0.4 is 4.72 Å². The summed E-state index contributed by atoms with van der Waals surface area (Å²) in [6.45, 7) is -0.128. The zero-order chi connectivity index (χ0) is 15.5. The lowest BCUT2D eigenvalue weighted by atomic mass is 9.85. The number of nitrogens with one attached hydrogen (secondary N) is 1. The van der Waals surface area contributed by atoms with Crippen LogP contribution in [-0.2, 0) is 10.0 Å². The molecule has 2 N–H and O–H groups in total. The third kappa shape index (κ3) is 3.59. The fourth-order valence-electron chi connectivity index (χ4n) is 2.53. The fraction of sp³-hybridized carbons (Fsp3) is 0.500. The lowest BCUT2D eigenvalue weighted by Crippen LogP contribution is -2.44. The average molecular weight is 312 g/mol. The van der Waals surface area contributed by atoms with Crippen LogP contribution in [-0.4, -0.2) is 25.7 Å². The highest BCUT2D eigenvalue weighted by molar-refractivity contribution is 7.89. The molecule has 0 unspecified atom stereocenters. The first-order valence-electron chi connectivity index (χ1n) is 6.79. The smallest absolute Gasteiger partial charge is 0.242 e. The lowest BCUT2D eigenvalue weighted by Gasteiger charge is -2.32. The molecule has 1 aliphatic carbocycles. The van der Waals surface area contributed by atoms with Gasteiger partial charge in [-0.15, -0.1) is 0 Å². The Hall–Kier alpha value is -1.49. The van der Waals surface area contributed by atoms with Crippen molar-refractivity contribution in [2.24, 2.45) is 0 Å². The van der Waals surface area contributed by atoms with Crippen molar-refractivity contribution in [1.29, 1.82) is 5.26 Å². The summed E-state index contributed by atoms with van der Waals surface area (Å²) in [6, 6.07) is 5.01. The van der Waals surface area contributed by atoms with Crippen LogP contribution in [0.25, 0.3) is 0 Å². The maximum absolute atomic E-state index is 13.5. The van der Waals surface area contributed by atoms with E-state index in [9.17, 15) is 17.9 Å². The molecule has 0 atom stereocenters. The van der Waals surface area contributed by atoms with Crippen LogP contribution in [0.5, 0.6) is 0 Å². The number of benzene rings is 1. The SMILES string of the molecule is N#Cc1c(F)cccc1S(=O)(=O)NCC1(O)CCCCC1. The summed E-state index contributed by atoms with van der Waals surface area (Å²) in [7, 11) is -4.04. The highest BCUT2D eigenvalue weighted by Gasteiger charge is 2.31. The number of aliphatic hydroxyl groups is 1. The Balaban J connectivity index is 2.20. The molecule has 1 aromatic carbocycles. The van der Waals surface area contributed by atoms with Gasteiger partial charge in [0.15, 0.2) is 0 Å². The van der Waals surface area contributed by atoms with Crippen molar-refractivity contribution in [3.63, 3.8) is 0 Å². The molecule has 0 saturated heterocycles. The van der Waals surface area contributed by atoms with E-state index in [2.05, 4.69) is 4.72 Å². The molecule has 2 rings (SSSR count). The van der Waals surface area contributed by atoms with E-state index >= 15 is 0 Å². The predicted molar refractivity (Wildman–Crippen MR) is 74.3 cm³/mol. The number of halogens is 1. The number of hydrogen-bond acceptors (Lipinski definition) is 4. The van der Waals surface area contributed by atoms with Gasteiger partial charge in [-0.05, 0) is 25.0 Å². The van der Waals surface area contributed by atoms with Crippen LogP contribution in [0.3, 0.4) is 0 Å². The number of nitrogens with zero attached hydrogens (tertiary/aromatic N) is 1. The molecule has 0 heterocycles. The van der Waals surface area contributed by atoms with Crippen molar-refractivity contribution in [3.8, 4) is 6.07 Å². The standard InChI is InChI=1S/C14H17FN2O3S/c15-12-5-4-6-13(11(12)9-16)21(19,20)17-10-14(18)7-2-1-3-8-14/h4-6,17-18H,1-3,7-8,10H2. The minimum absolute atomic E-state index is 0.128. The van der Waals surface area contributed by atoms with Gasteiger partial charge in [0, 0.05) is 6.54 Å². The molecule has 0 bridgehead atoms. The summed E-state index contributed by atoms with van der Waals surface area (Å²) in [5, 5.41) is 19.2. The number of nitriles is 1. The van der Waals surface area contributed by atoms with Crippen molar-refractivity contribution in [3.05, 3.63) is 29.6 Å². The van der Waals surface area contributed by atoms with Gasteiger partial charge < -0.3 is 5.11 Å². The highest BCUT2D eigenvalue weighted by atomic mass is 32.2. The van der Waals surface area contributed by atoms with Gasteiger partial charge in [-0.1, -0.05) is 25.3 Å². The van der Waals surface area contributed by atoms with Crippen molar-refractivity contribution < 1.29 is 17.9 Å². The first-order chi connectivity index (χ1) is 9.88. The summed E-state index contributed by atoms with van der Waals surface area (Å²) in [5.74, 6) is -0.878. The molecule has 7 heteroatoms. The molecule has 1 saturated carbocycles. The van der Waals surface area contributed by atoms with Gasteiger partial charge in [-0.25, -0.2) is 17.5 Å². The van der Waals surface area contributed by atoms with Crippen LogP contribution >= 0.6 is 0 Å². The van der Waals surface area contributed by atoms with E-state index in [0.717, 1.165) is 25.3 Å². The molecular formula is C14H17FN2O3S. The van der Waals surface area contributed by atoms with Crippen molar-refractivity contribution >= 4 is 10.0 Å². The molecule has 21 heavy (non-hydrogen) atoms. The monoisotopic (exact) mass is 312 g/mol. The summed E-state index contributed by atoms with van der Waals surface area (Å²) in [6.07, 6.45) is 3.79. The van der Waals surface area contributed by atoms with E-state index in [0.29, 0.717) is 12.8 Å². The lowest BCUT2D eigenvalue weighted by molar-refractivity contribution is 0.00945. The Labute approximate surface area is 123 Å². The summed E-state index contributed by atoms with van der Waals surface area (Å²) < 4.78 is 40.2. The van der Waals surface area contributed by atoms with Crippen LogP contribution in [0.4, 0.5) is 4.39 Å². The maximum atomic E-state index is 13.5. The minimum atomic E-state index is -4.04. The second kappa shape index (κ2) is 6.10. The maximum Gasteiger partial charge on any atom is 0.242 e. The quantitative estimate of drug-likeness (QED) is 0.885. The van der Waals surface area contributed by atoms with E-state index in [4.69, 9.17) is 5.26 Å². The van der Waals surface area contributed by atoms with Crippen LogP contribution in [0, 0.1) is 17.1 Å². The van der Waals surface area contributed by atoms with Gasteiger partial charge in [0.2, 0.25) is 10.0 Å². The molecule has 0 spiro atoms. The Morgan fingerprint density at radius 3 is 2.62 bits per heavy atom. The van der Waals surface area contributed by atoms with Gasteiger partial charge in [-0.3, -0.25) is 0 Å². The summed E-state index contributed by atoms with van der Waals surface area (Å²) in [5.41, 5.74) is -1.58. The van der Waals surface area contributed by atoms with Gasteiger partial charge >= 0.3 is 0 Å². The Kier molecular flexibility index (Phi) is 4.61. The average Bonchev–Trinajstić information content (AvgIpc) is 2.46. The molecule has 0 amide bonds. The second-order valence-corrected chi connectivity index (χ2v) is 7.07. The molecule has 1 aromatic rings. The topological polar surface area (TPSA) is 90.2 Å². The predicted octanol–water partition coefficient (Wildman–Crippen LogP) is 1.67. The molecule has 0 aliphatic heterocycles. The number of rotatable bonds is 4. The Morgan fingerprint density at radius 1 is 1.33 bits per heavy atom.